The number of fused-ring (bicyclic) bond motifs is 13. The van der Waals surface area contributed by atoms with E-state index in [0.717, 1.165) is 6.42 Å². The van der Waals surface area contributed by atoms with Crippen molar-refractivity contribution in [3.05, 3.63) is 178 Å². The van der Waals surface area contributed by atoms with Crippen LogP contribution in [0.2, 0.25) is 0 Å². The molecule has 192 valence electrons. The summed E-state index contributed by atoms with van der Waals surface area (Å²) in [5, 5.41) is 5.35. The molecule has 1 spiro atoms. The topological polar surface area (TPSA) is 0 Å². The van der Waals surface area contributed by atoms with Crippen molar-refractivity contribution >= 4 is 21.5 Å². The average Bonchev–Trinajstić information content (AvgIpc) is 3.31. The van der Waals surface area contributed by atoms with Crippen LogP contribution in [0.25, 0.3) is 43.8 Å². The molecule has 0 heteroatoms. The van der Waals surface area contributed by atoms with Gasteiger partial charge in [0.2, 0.25) is 0 Å². The maximum atomic E-state index is 2.49. The minimum Gasteiger partial charge on any atom is -0.0619 e. The van der Waals surface area contributed by atoms with Gasteiger partial charge in [0, 0.05) is 0 Å². The van der Waals surface area contributed by atoms with Gasteiger partial charge in [-0.25, -0.2) is 0 Å². The van der Waals surface area contributed by atoms with Gasteiger partial charge in [-0.15, -0.1) is 0 Å². The predicted molar refractivity (Wildman–Crippen MR) is 172 cm³/mol. The molecule has 0 aliphatic heterocycles. The van der Waals surface area contributed by atoms with Gasteiger partial charge < -0.3 is 0 Å². The first kappa shape index (κ1) is 22.8. The smallest absolute Gasteiger partial charge is 0.0619 e. The van der Waals surface area contributed by atoms with Crippen molar-refractivity contribution in [1.29, 1.82) is 0 Å². The molecule has 0 saturated heterocycles. The quantitative estimate of drug-likeness (QED) is 0.202. The molecule has 7 aromatic carbocycles. The molecule has 7 aromatic rings. The molecule has 2 aliphatic carbocycles. The summed E-state index contributed by atoms with van der Waals surface area (Å²) in [4.78, 5) is 0. The standard InChI is InChI=1S/C41H28/c1-26-14-16-27(17-15-26)30-18-21-34-33-12-6-7-13-37(33)41(40(34)24-30)38-22-19-28-8-2-4-10-31(28)35(38)25-36-32-11-5-3-9-29(32)20-23-39(36)41/h2-24H,25H2,1H3. The van der Waals surface area contributed by atoms with Crippen LogP contribution >= 0.6 is 0 Å². The van der Waals surface area contributed by atoms with Crippen molar-refractivity contribution < 1.29 is 0 Å². The Labute approximate surface area is 240 Å². The third-order valence-electron chi connectivity index (χ3n) is 9.67. The minimum absolute atomic E-state index is 0.385. The van der Waals surface area contributed by atoms with Crippen molar-refractivity contribution in [3.8, 4) is 22.3 Å². The number of rotatable bonds is 1. The normalized spacial score (nSPS) is 14.1. The third kappa shape index (κ3) is 3.00. The van der Waals surface area contributed by atoms with Crippen LogP contribution in [0.3, 0.4) is 0 Å². The lowest BCUT2D eigenvalue weighted by Gasteiger charge is -2.41. The second-order valence-corrected chi connectivity index (χ2v) is 11.7. The van der Waals surface area contributed by atoms with E-state index in [1.807, 2.05) is 0 Å². The Hall–Kier alpha value is -4.94. The molecular formula is C41H28. The third-order valence-corrected chi connectivity index (χ3v) is 9.67. The van der Waals surface area contributed by atoms with Gasteiger partial charge in [-0.05, 0) is 96.6 Å². The van der Waals surface area contributed by atoms with Crippen LogP contribution in [0.15, 0.2) is 140 Å². The minimum atomic E-state index is -0.385. The largest absolute Gasteiger partial charge is 0.0719 e. The van der Waals surface area contributed by atoms with Gasteiger partial charge in [-0.3, -0.25) is 0 Å². The molecule has 0 amide bonds. The summed E-state index contributed by atoms with van der Waals surface area (Å²) < 4.78 is 0. The number of benzene rings is 7. The fourth-order valence-electron chi connectivity index (χ4n) is 7.86. The fraction of sp³-hybridized carbons (Fsp3) is 0.0732. The van der Waals surface area contributed by atoms with Crippen LogP contribution in [0.4, 0.5) is 0 Å². The van der Waals surface area contributed by atoms with Crippen LogP contribution in [0.1, 0.15) is 38.9 Å². The molecule has 0 saturated carbocycles. The van der Waals surface area contributed by atoms with Gasteiger partial charge in [0.1, 0.15) is 0 Å². The lowest BCUT2D eigenvalue weighted by Crippen LogP contribution is -2.34. The Bertz CT molecular complexity index is 2090. The molecule has 0 nitrogen and oxygen atoms in total. The zero-order chi connectivity index (χ0) is 27.1. The highest BCUT2D eigenvalue weighted by molar-refractivity contribution is 5.97. The van der Waals surface area contributed by atoms with Crippen molar-refractivity contribution in [3.63, 3.8) is 0 Å². The number of hydrogen-bond donors (Lipinski definition) is 0. The lowest BCUT2D eigenvalue weighted by atomic mass is 9.60. The van der Waals surface area contributed by atoms with Gasteiger partial charge in [-0.2, -0.15) is 0 Å². The molecule has 0 N–H and O–H groups in total. The Morgan fingerprint density at radius 3 is 1.68 bits per heavy atom. The van der Waals surface area contributed by atoms with Crippen LogP contribution in [0.5, 0.6) is 0 Å². The molecule has 41 heavy (non-hydrogen) atoms. The zero-order valence-corrected chi connectivity index (χ0v) is 23.0. The van der Waals surface area contributed by atoms with E-state index in [-0.39, 0.29) is 5.41 Å². The molecule has 0 fully saturated rings. The van der Waals surface area contributed by atoms with Gasteiger partial charge in [0.15, 0.2) is 0 Å². The SMILES string of the molecule is Cc1ccc(-c2ccc3c(c2)C2(c4ccccc4-3)c3ccc4ccccc4c3Cc3c2ccc2ccccc32)cc1. The highest BCUT2D eigenvalue weighted by Crippen LogP contribution is 2.60. The summed E-state index contributed by atoms with van der Waals surface area (Å²) >= 11 is 0. The van der Waals surface area contributed by atoms with Crippen LogP contribution in [0, 0.1) is 6.92 Å². The first-order valence-corrected chi connectivity index (χ1v) is 14.6. The molecule has 0 unspecified atom stereocenters. The van der Waals surface area contributed by atoms with Crippen molar-refractivity contribution in [2.45, 2.75) is 18.8 Å². The predicted octanol–water partition coefficient (Wildman–Crippen LogP) is 10.2. The zero-order valence-electron chi connectivity index (χ0n) is 23.0. The summed E-state index contributed by atoms with van der Waals surface area (Å²) in [6.45, 7) is 2.16. The molecule has 0 radical (unpaired) electrons. The molecule has 0 bridgehead atoms. The summed E-state index contributed by atoms with van der Waals surface area (Å²) in [5.74, 6) is 0. The monoisotopic (exact) mass is 520 g/mol. The van der Waals surface area contributed by atoms with E-state index < -0.39 is 0 Å². The molecule has 9 rings (SSSR count). The maximum absolute atomic E-state index is 2.49. The van der Waals surface area contributed by atoms with E-state index in [0.29, 0.717) is 0 Å². The highest BCUT2D eigenvalue weighted by Gasteiger charge is 2.50. The van der Waals surface area contributed by atoms with Crippen molar-refractivity contribution in [2.75, 3.05) is 0 Å². The van der Waals surface area contributed by atoms with E-state index in [1.54, 1.807) is 0 Å². The first-order chi connectivity index (χ1) is 20.2. The average molecular weight is 521 g/mol. The second-order valence-electron chi connectivity index (χ2n) is 11.7. The molecule has 2 aliphatic rings. The number of hydrogen-bond acceptors (Lipinski definition) is 0. The maximum Gasteiger partial charge on any atom is 0.0719 e. The molecular weight excluding hydrogens is 492 g/mol. The molecule has 0 aromatic heterocycles. The first-order valence-electron chi connectivity index (χ1n) is 14.6. The Morgan fingerprint density at radius 2 is 1.00 bits per heavy atom. The summed E-state index contributed by atoms with van der Waals surface area (Å²) in [6.07, 6.45) is 0.935. The van der Waals surface area contributed by atoms with Crippen LogP contribution in [-0.4, -0.2) is 0 Å². The van der Waals surface area contributed by atoms with Gasteiger partial charge in [0.05, 0.1) is 5.41 Å². The summed E-state index contributed by atoms with van der Waals surface area (Å²) in [6, 6.07) is 52.7. The highest BCUT2D eigenvalue weighted by atomic mass is 14.5. The molecule has 0 heterocycles. The van der Waals surface area contributed by atoms with E-state index >= 15 is 0 Å². The van der Waals surface area contributed by atoms with E-state index in [1.165, 1.54) is 82.7 Å². The lowest BCUT2D eigenvalue weighted by molar-refractivity contribution is 0.729. The van der Waals surface area contributed by atoms with E-state index in [9.17, 15) is 0 Å². The fourth-order valence-corrected chi connectivity index (χ4v) is 7.86. The van der Waals surface area contributed by atoms with Crippen LogP contribution < -0.4 is 0 Å². The van der Waals surface area contributed by atoms with Gasteiger partial charge >= 0.3 is 0 Å². The van der Waals surface area contributed by atoms with Crippen molar-refractivity contribution in [1.82, 2.24) is 0 Å². The summed E-state index contributed by atoms with van der Waals surface area (Å²) in [5.41, 5.74) is 14.7. The van der Waals surface area contributed by atoms with Gasteiger partial charge in [0.25, 0.3) is 0 Å². The van der Waals surface area contributed by atoms with Gasteiger partial charge in [-0.1, -0.05) is 139 Å². The Kier molecular flexibility index (Phi) is 4.61. The van der Waals surface area contributed by atoms with E-state index in [4.69, 9.17) is 0 Å². The van der Waals surface area contributed by atoms with E-state index in [2.05, 4.69) is 146 Å². The number of aryl methyl sites for hydroxylation is 1. The van der Waals surface area contributed by atoms with Crippen LogP contribution in [-0.2, 0) is 11.8 Å². The van der Waals surface area contributed by atoms with Crippen molar-refractivity contribution in [2.24, 2.45) is 0 Å². The summed E-state index contributed by atoms with van der Waals surface area (Å²) in [7, 11) is 0. The Balaban J connectivity index is 1.47. The Morgan fingerprint density at radius 1 is 0.439 bits per heavy atom. The second kappa shape index (κ2) is 8.29. The molecule has 0 atom stereocenters.